The average Bonchev–Trinajstić information content (AvgIpc) is 2.17. The van der Waals surface area contributed by atoms with Gasteiger partial charge >= 0.3 is 5.97 Å². The van der Waals surface area contributed by atoms with Gasteiger partial charge in [-0.05, 0) is 39.7 Å². The van der Waals surface area contributed by atoms with E-state index < -0.39 is 11.4 Å². The maximum atomic E-state index is 11.0. The Morgan fingerprint density at radius 1 is 1.31 bits per heavy atom. The van der Waals surface area contributed by atoms with Crippen LogP contribution in [-0.2, 0) is 4.79 Å². The van der Waals surface area contributed by atoms with E-state index in [1.54, 1.807) is 13.8 Å². The molecule has 0 spiro atoms. The smallest absolute Gasteiger partial charge is 0.310 e. The third-order valence-corrected chi connectivity index (χ3v) is 3.54. The van der Waals surface area contributed by atoms with Crippen molar-refractivity contribution < 1.29 is 9.90 Å². The molecule has 94 valence electrons. The molecule has 3 nitrogen and oxygen atoms in total. The summed E-state index contributed by atoms with van der Waals surface area (Å²) in [4.78, 5) is 13.2. The first-order valence-electron chi connectivity index (χ1n) is 6.34. The van der Waals surface area contributed by atoms with Crippen molar-refractivity contribution in [1.29, 1.82) is 0 Å². The Morgan fingerprint density at radius 3 is 2.38 bits per heavy atom. The molecule has 0 amide bonds. The number of hydrogen-bond acceptors (Lipinski definition) is 2. The van der Waals surface area contributed by atoms with Crippen LogP contribution in [-0.4, -0.2) is 36.1 Å². The minimum Gasteiger partial charge on any atom is -0.481 e. The first kappa shape index (κ1) is 13.5. The maximum Gasteiger partial charge on any atom is 0.310 e. The van der Waals surface area contributed by atoms with Crippen LogP contribution in [0.1, 0.15) is 46.0 Å². The van der Waals surface area contributed by atoms with Crippen LogP contribution in [0.4, 0.5) is 0 Å². The monoisotopic (exact) mass is 227 g/mol. The molecule has 0 aromatic heterocycles. The molecule has 1 fully saturated rings. The summed E-state index contributed by atoms with van der Waals surface area (Å²) in [5.74, 6) is 0.0753. The predicted octanol–water partition coefficient (Wildman–Crippen LogP) is 2.61. The number of hydrogen-bond donors (Lipinski definition) is 1. The van der Waals surface area contributed by atoms with Crippen LogP contribution >= 0.6 is 0 Å². The molecule has 1 saturated carbocycles. The van der Waals surface area contributed by atoms with Crippen LogP contribution < -0.4 is 0 Å². The van der Waals surface area contributed by atoms with E-state index in [1.165, 1.54) is 32.1 Å². The van der Waals surface area contributed by atoms with Gasteiger partial charge in [0.25, 0.3) is 0 Å². The van der Waals surface area contributed by atoms with Crippen molar-refractivity contribution in [3.8, 4) is 0 Å². The summed E-state index contributed by atoms with van der Waals surface area (Å²) in [6.45, 7) is 5.29. The predicted molar refractivity (Wildman–Crippen MR) is 65.5 cm³/mol. The lowest BCUT2D eigenvalue weighted by Crippen LogP contribution is -2.39. The van der Waals surface area contributed by atoms with E-state index in [-0.39, 0.29) is 0 Å². The van der Waals surface area contributed by atoms with E-state index in [9.17, 15) is 4.79 Å². The van der Waals surface area contributed by atoms with Gasteiger partial charge in [0.15, 0.2) is 0 Å². The fourth-order valence-corrected chi connectivity index (χ4v) is 2.62. The van der Waals surface area contributed by atoms with Crippen molar-refractivity contribution in [3.05, 3.63) is 0 Å². The number of nitrogens with zero attached hydrogens (tertiary/aromatic N) is 1. The second kappa shape index (κ2) is 5.67. The first-order chi connectivity index (χ1) is 7.42. The topological polar surface area (TPSA) is 40.5 Å². The summed E-state index contributed by atoms with van der Waals surface area (Å²) < 4.78 is 0. The normalized spacial score (nSPS) is 19.0. The third-order valence-electron chi connectivity index (χ3n) is 3.54. The lowest BCUT2D eigenvalue weighted by Gasteiger charge is -2.31. The van der Waals surface area contributed by atoms with E-state index in [0.29, 0.717) is 6.54 Å². The molecule has 0 saturated heterocycles. The van der Waals surface area contributed by atoms with E-state index in [2.05, 4.69) is 4.90 Å². The van der Waals surface area contributed by atoms with E-state index in [4.69, 9.17) is 5.11 Å². The van der Waals surface area contributed by atoms with Crippen molar-refractivity contribution in [2.75, 3.05) is 20.1 Å². The highest BCUT2D eigenvalue weighted by Crippen LogP contribution is 2.25. The lowest BCUT2D eigenvalue weighted by molar-refractivity contribution is -0.147. The van der Waals surface area contributed by atoms with Gasteiger partial charge in [0.1, 0.15) is 0 Å². The number of carbonyl (C=O) groups is 1. The molecule has 16 heavy (non-hydrogen) atoms. The standard InChI is InChI=1S/C13H25NO2/c1-13(2,12(15)16)10-14(3)9-11-7-5-4-6-8-11/h11H,4-10H2,1-3H3,(H,15,16). The summed E-state index contributed by atoms with van der Waals surface area (Å²) in [5, 5.41) is 9.07. The van der Waals surface area contributed by atoms with Gasteiger partial charge in [-0.25, -0.2) is 0 Å². The fraction of sp³-hybridized carbons (Fsp3) is 0.923. The molecule has 1 N–H and O–H groups in total. The molecule has 0 unspecified atom stereocenters. The van der Waals surface area contributed by atoms with Gasteiger partial charge in [-0.1, -0.05) is 19.3 Å². The average molecular weight is 227 g/mol. The summed E-state index contributed by atoms with van der Waals surface area (Å²) in [6, 6.07) is 0. The molecule has 0 aliphatic heterocycles. The van der Waals surface area contributed by atoms with E-state index in [0.717, 1.165) is 12.5 Å². The molecule has 0 aromatic carbocycles. The number of rotatable bonds is 5. The van der Waals surface area contributed by atoms with Crippen LogP contribution in [0, 0.1) is 11.3 Å². The highest BCUT2D eigenvalue weighted by atomic mass is 16.4. The maximum absolute atomic E-state index is 11.0. The molecular weight excluding hydrogens is 202 g/mol. The molecule has 0 bridgehead atoms. The minimum absolute atomic E-state index is 0.635. The van der Waals surface area contributed by atoms with Gasteiger partial charge in [0.05, 0.1) is 5.41 Å². The Morgan fingerprint density at radius 2 is 1.88 bits per heavy atom. The molecular formula is C13H25NO2. The van der Waals surface area contributed by atoms with Crippen LogP contribution in [0.2, 0.25) is 0 Å². The van der Waals surface area contributed by atoms with Gasteiger partial charge in [-0.3, -0.25) is 4.79 Å². The Balaban J connectivity index is 2.34. The molecule has 1 rings (SSSR count). The van der Waals surface area contributed by atoms with E-state index in [1.807, 2.05) is 7.05 Å². The Bertz CT molecular complexity index is 232. The second-order valence-corrected chi connectivity index (χ2v) is 5.89. The van der Waals surface area contributed by atoms with Crippen molar-refractivity contribution in [3.63, 3.8) is 0 Å². The third kappa shape index (κ3) is 4.12. The SMILES string of the molecule is CN(CC1CCCCC1)CC(C)(C)C(=O)O. The Kier molecular flexibility index (Phi) is 4.78. The minimum atomic E-state index is -0.706. The van der Waals surface area contributed by atoms with E-state index >= 15 is 0 Å². The fourth-order valence-electron chi connectivity index (χ4n) is 2.62. The van der Waals surface area contributed by atoms with Crippen molar-refractivity contribution >= 4 is 5.97 Å². The summed E-state index contributed by atoms with van der Waals surface area (Å²) in [6.07, 6.45) is 6.71. The molecule has 3 heteroatoms. The molecule has 0 atom stereocenters. The quantitative estimate of drug-likeness (QED) is 0.785. The molecule has 0 aromatic rings. The van der Waals surface area contributed by atoms with Gasteiger partial charge in [-0.15, -0.1) is 0 Å². The van der Waals surface area contributed by atoms with Crippen molar-refractivity contribution in [1.82, 2.24) is 4.90 Å². The van der Waals surface area contributed by atoms with Gasteiger partial charge < -0.3 is 10.0 Å². The van der Waals surface area contributed by atoms with Crippen LogP contribution in [0.15, 0.2) is 0 Å². The first-order valence-corrected chi connectivity index (χ1v) is 6.34. The van der Waals surface area contributed by atoms with Crippen LogP contribution in [0.5, 0.6) is 0 Å². The molecule has 0 radical (unpaired) electrons. The van der Waals surface area contributed by atoms with Crippen molar-refractivity contribution in [2.45, 2.75) is 46.0 Å². The van der Waals surface area contributed by atoms with Crippen LogP contribution in [0.25, 0.3) is 0 Å². The summed E-state index contributed by atoms with van der Waals surface area (Å²) in [7, 11) is 2.04. The van der Waals surface area contributed by atoms with Gasteiger partial charge in [0.2, 0.25) is 0 Å². The summed E-state index contributed by atoms with van der Waals surface area (Å²) in [5.41, 5.74) is -0.635. The highest BCUT2D eigenvalue weighted by Gasteiger charge is 2.29. The number of carboxylic acids is 1. The Hall–Kier alpha value is -0.570. The Labute approximate surface area is 98.8 Å². The zero-order valence-electron chi connectivity index (χ0n) is 10.8. The second-order valence-electron chi connectivity index (χ2n) is 5.89. The highest BCUT2D eigenvalue weighted by molar-refractivity contribution is 5.73. The van der Waals surface area contributed by atoms with Crippen molar-refractivity contribution in [2.24, 2.45) is 11.3 Å². The number of carboxylic acid groups (broad SMARTS) is 1. The van der Waals surface area contributed by atoms with Crippen LogP contribution in [0.3, 0.4) is 0 Å². The lowest BCUT2D eigenvalue weighted by atomic mass is 9.88. The zero-order chi connectivity index (χ0) is 12.2. The largest absolute Gasteiger partial charge is 0.481 e. The molecule has 1 aliphatic rings. The molecule has 0 heterocycles. The molecule has 1 aliphatic carbocycles. The summed E-state index contributed by atoms with van der Waals surface area (Å²) >= 11 is 0. The zero-order valence-corrected chi connectivity index (χ0v) is 10.8. The van der Waals surface area contributed by atoms with Gasteiger partial charge in [0, 0.05) is 13.1 Å². The number of aliphatic carboxylic acids is 1. The van der Waals surface area contributed by atoms with Gasteiger partial charge in [-0.2, -0.15) is 0 Å².